The molecule has 1 aromatic carbocycles. The number of fused-ring (bicyclic) bond motifs is 1. The standard InChI is InChI=1S/C16H21N3O3S/c1-11(14(20)18(2)3)23-16-17-13-8-6-5-7-12(13)15(21)19(16)9-10-22-4/h5-8,11H,9-10H2,1-4H3/t11-/m1/s1. The molecule has 6 nitrogen and oxygen atoms in total. The average Bonchev–Trinajstić information content (AvgIpc) is 2.53. The SMILES string of the molecule is COCCn1c(S[C@H](C)C(=O)N(C)C)nc2ccccc2c1=O. The summed E-state index contributed by atoms with van der Waals surface area (Å²) in [6.07, 6.45) is 0. The minimum absolute atomic E-state index is 0.0179. The van der Waals surface area contributed by atoms with Gasteiger partial charge in [0.1, 0.15) is 0 Å². The zero-order chi connectivity index (χ0) is 17.0. The van der Waals surface area contributed by atoms with Crippen LogP contribution in [0.3, 0.4) is 0 Å². The first-order valence-corrected chi connectivity index (χ1v) is 8.20. The van der Waals surface area contributed by atoms with E-state index < -0.39 is 0 Å². The molecule has 0 saturated heterocycles. The maximum absolute atomic E-state index is 12.7. The van der Waals surface area contributed by atoms with E-state index in [4.69, 9.17) is 4.74 Å². The summed E-state index contributed by atoms with van der Waals surface area (Å²) in [6, 6.07) is 7.23. The van der Waals surface area contributed by atoms with Crippen LogP contribution in [-0.4, -0.2) is 53.4 Å². The maximum Gasteiger partial charge on any atom is 0.262 e. The Balaban J connectivity index is 2.47. The maximum atomic E-state index is 12.7. The second-order valence-corrected chi connectivity index (χ2v) is 6.66. The molecule has 1 atom stereocenters. The molecule has 0 saturated carbocycles. The van der Waals surface area contributed by atoms with E-state index in [-0.39, 0.29) is 16.7 Å². The highest BCUT2D eigenvalue weighted by atomic mass is 32.2. The number of carbonyl (C=O) groups excluding carboxylic acids is 1. The van der Waals surface area contributed by atoms with Crippen molar-refractivity contribution in [2.45, 2.75) is 23.9 Å². The fraction of sp³-hybridized carbons (Fsp3) is 0.438. The molecule has 0 fully saturated rings. The molecule has 0 spiro atoms. The summed E-state index contributed by atoms with van der Waals surface area (Å²) >= 11 is 1.29. The van der Waals surface area contributed by atoms with Crippen LogP contribution in [-0.2, 0) is 16.1 Å². The fourth-order valence-corrected chi connectivity index (χ4v) is 3.27. The van der Waals surface area contributed by atoms with E-state index in [0.29, 0.717) is 29.2 Å². The van der Waals surface area contributed by atoms with Crippen molar-refractivity contribution in [3.8, 4) is 0 Å². The van der Waals surface area contributed by atoms with E-state index in [2.05, 4.69) is 4.98 Å². The number of carbonyl (C=O) groups is 1. The highest BCUT2D eigenvalue weighted by Crippen LogP contribution is 2.23. The number of ether oxygens (including phenoxy) is 1. The third-order valence-corrected chi connectivity index (χ3v) is 4.49. The fourth-order valence-electron chi connectivity index (χ4n) is 2.19. The highest BCUT2D eigenvalue weighted by molar-refractivity contribution is 8.00. The summed E-state index contributed by atoms with van der Waals surface area (Å²) in [7, 11) is 5.01. The summed E-state index contributed by atoms with van der Waals surface area (Å²) < 4.78 is 6.67. The molecule has 1 amide bonds. The largest absolute Gasteiger partial charge is 0.383 e. The van der Waals surface area contributed by atoms with Crippen molar-refractivity contribution in [3.63, 3.8) is 0 Å². The Labute approximate surface area is 139 Å². The average molecular weight is 335 g/mol. The van der Waals surface area contributed by atoms with Gasteiger partial charge in [0.25, 0.3) is 5.56 Å². The molecule has 0 unspecified atom stereocenters. The number of thioether (sulfide) groups is 1. The molecule has 0 aliphatic carbocycles. The predicted octanol–water partition coefficient (Wildman–Crippen LogP) is 1.61. The van der Waals surface area contributed by atoms with Gasteiger partial charge in [-0.15, -0.1) is 0 Å². The normalized spacial score (nSPS) is 12.3. The van der Waals surface area contributed by atoms with Crippen molar-refractivity contribution < 1.29 is 9.53 Å². The molecule has 23 heavy (non-hydrogen) atoms. The Morgan fingerprint density at radius 2 is 2.09 bits per heavy atom. The van der Waals surface area contributed by atoms with Gasteiger partial charge in [-0.05, 0) is 19.1 Å². The number of benzene rings is 1. The predicted molar refractivity (Wildman–Crippen MR) is 91.9 cm³/mol. The third kappa shape index (κ3) is 3.92. The van der Waals surface area contributed by atoms with Gasteiger partial charge >= 0.3 is 0 Å². The molecule has 0 N–H and O–H groups in total. The first-order chi connectivity index (χ1) is 11.0. The van der Waals surface area contributed by atoms with Crippen molar-refractivity contribution in [1.29, 1.82) is 0 Å². The van der Waals surface area contributed by atoms with Gasteiger partial charge in [0, 0.05) is 21.2 Å². The molecule has 0 aliphatic heterocycles. The molecule has 124 valence electrons. The lowest BCUT2D eigenvalue weighted by Crippen LogP contribution is -2.31. The smallest absolute Gasteiger partial charge is 0.262 e. The molecule has 1 aromatic heterocycles. The molecule has 1 heterocycles. The number of para-hydroxylation sites is 1. The van der Waals surface area contributed by atoms with Gasteiger partial charge in [0.15, 0.2) is 5.16 Å². The van der Waals surface area contributed by atoms with Crippen molar-refractivity contribution in [3.05, 3.63) is 34.6 Å². The highest BCUT2D eigenvalue weighted by Gasteiger charge is 2.20. The van der Waals surface area contributed by atoms with Gasteiger partial charge in [0.2, 0.25) is 5.91 Å². The second-order valence-electron chi connectivity index (χ2n) is 5.35. The molecular weight excluding hydrogens is 314 g/mol. The number of nitrogens with zero attached hydrogens (tertiary/aromatic N) is 3. The molecular formula is C16H21N3O3S. The van der Waals surface area contributed by atoms with Gasteiger partial charge in [0.05, 0.1) is 29.3 Å². The summed E-state index contributed by atoms with van der Waals surface area (Å²) in [5.74, 6) is -0.0179. The van der Waals surface area contributed by atoms with E-state index in [1.807, 2.05) is 19.1 Å². The van der Waals surface area contributed by atoms with Gasteiger partial charge in [-0.25, -0.2) is 4.98 Å². The summed E-state index contributed by atoms with van der Waals surface area (Å²) in [5.41, 5.74) is 0.526. The van der Waals surface area contributed by atoms with Gasteiger partial charge in [-0.2, -0.15) is 0 Å². The topological polar surface area (TPSA) is 64.4 Å². The first-order valence-electron chi connectivity index (χ1n) is 7.32. The van der Waals surface area contributed by atoms with Crippen molar-refractivity contribution in [2.24, 2.45) is 0 Å². The molecule has 0 aliphatic rings. The Morgan fingerprint density at radius 1 is 1.39 bits per heavy atom. The molecule has 0 radical (unpaired) electrons. The zero-order valence-corrected chi connectivity index (χ0v) is 14.6. The quantitative estimate of drug-likeness (QED) is 0.593. The zero-order valence-electron chi connectivity index (χ0n) is 13.8. The van der Waals surface area contributed by atoms with Crippen LogP contribution in [0, 0.1) is 0 Å². The summed E-state index contributed by atoms with van der Waals surface area (Å²) in [5, 5.41) is 0.778. The van der Waals surface area contributed by atoms with Crippen LogP contribution in [0.15, 0.2) is 34.2 Å². The van der Waals surface area contributed by atoms with E-state index >= 15 is 0 Å². The molecule has 0 bridgehead atoms. The van der Waals surface area contributed by atoms with E-state index in [1.54, 1.807) is 37.9 Å². The van der Waals surface area contributed by atoms with E-state index in [0.717, 1.165) is 0 Å². The van der Waals surface area contributed by atoms with Crippen LogP contribution in [0.4, 0.5) is 0 Å². The minimum Gasteiger partial charge on any atom is -0.383 e. The number of methoxy groups -OCH3 is 1. The van der Waals surface area contributed by atoms with Gasteiger partial charge in [-0.1, -0.05) is 23.9 Å². The lowest BCUT2D eigenvalue weighted by atomic mass is 10.2. The Hall–Kier alpha value is -1.86. The van der Waals surface area contributed by atoms with Crippen molar-refractivity contribution in [2.75, 3.05) is 27.8 Å². The summed E-state index contributed by atoms with van der Waals surface area (Å²) in [4.78, 5) is 30.9. The Kier molecular flexibility index (Phi) is 5.79. The van der Waals surface area contributed by atoms with Crippen molar-refractivity contribution in [1.82, 2.24) is 14.5 Å². The number of hydrogen-bond donors (Lipinski definition) is 0. The van der Waals surface area contributed by atoms with Crippen LogP contribution in [0.1, 0.15) is 6.92 Å². The van der Waals surface area contributed by atoms with Crippen LogP contribution in [0.25, 0.3) is 10.9 Å². The summed E-state index contributed by atoms with van der Waals surface area (Å²) in [6.45, 7) is 2.62. The van der Waals surface area contributed by atoms with Crippen LogP contribution < -0.4 is 5.56 Å². The van der Waals surface area contributed by atoms with Crippen LogP contribution in [0.2, 0.25) is 0 Å². The number of rotatable bonds is 6. The van der Waals surface area contributed by atoms with E-state index in [1.165, 1.54) is 16.7 Å². The molecule has 2 rings (SSSR count). The lowest BCUT2D eigenvalue weighted by molar-refractivity contribution is -0.127. The number of amides is 1. The van der Waals surface area contributed by atoms with Gasteiger partial charge < -0.3 is 9.64 Å². The lowest BCUT2D eigenvalue weighted by Gasteiger charge is -2.18. The number of hydrogen-bond acceptors (Lipinski definition) is 5. The number of aromatic nitrogens is 2. The molecule has 7 heteroatoms. The van der Waals surface area contributed by atoms with Crippen LogP contribution in [0.5, 0.6) is 0 Å². The Bertz CT molecular complexity index is 758. The second kappa shape index (κ2) is 7.61. The minimum atomic E-state index is -0.327. The molecule has 2 aromatic rings. The monoisotopic (exact) mass is 335 g/mol. The van der Waals surface area contributed by atoms with E-state index in [9.17, 15) is 9.59 Å². The van der Waals surface area contributed by atoms with Crippen molar-refractivity contribution >= 4 is 28.6 Å². The third-order valence-electron chi connectivity index (χ3n) is 3.42. The van der Waals surface area contributed by atoms with Crippen LogP contribution >= 0.6 is 11.8 Å². The Morgan fingerprint density at radius 3 is 2.74 bits per heavy atom. The first kappa shape index (κ1) is 17.5. The van der Waals surface area contributed by atoms with Gasteiger partial charge in [-0.3, -0.25) is 14.2 Å².